The van der Waals surface area contributed by atoms with Gasteiger partial charge in [-0.15, -0.1) is 0 Å². The molecule has 0 amide bonds. The van der Waals surface area contributed by atoms with Crippen molar-refractivity contribution >= 4 is 11.7 Å². The summed E-state index contributed by atoms with van der Waals surface area (Å²) in [5, 5.41) is 22.3. The highest BCUT2D eigenvalue weighted by Gasteiger charge is 2.05. The van der Waals surface area contributed by atoms with Gasteiger partial charge in [0.15, 0.2) is 0 Å². The van der Waals surface area contributed by atoms with Gasteiger partial charge in [-0.2, -0.15) is 0 Å². The summed E-state index contributed by atoms with van der Waals surface area (Å²) < 4.78 is 0. The minimum atomic E-state index is -0.737. The van der Waals surface area contributed by atoms with Gasteiger partial charge in [0.25, 0.3) is 0 Å². The lowest BCUT2D eigenvalue weighted by Gasteiger charge is -2.08. The second-order valence-electron chi connectivity index (χ2n) is 6.15. The van der Waals surface area contributed by atoms with Gasteiger partial charge >= 0.3 is 5.97 Å². The summed E-state index contributed by atoms with van der Waals surface area (Å²) in [6, 6.07) is 16.8. The van der Waals surface area contributed by atoms with E-state index in [-0.39, 0.29) is 12.2 Å². The van der Waals surface area contributed by atoms with Crippen molar-refractivity contribution in [3.05, 3.63) is 65.7 Å². The van der Waals surface area contributed by atoms with E-state index in [9.17, 15) is 9.90 Å². The lowest BCUT2D eigenvalue weighted by Crippen LogP contribution is -2.03. The van der Waals surface area contributed by atoms with Crippen LogP contribution in [0.1, 0.15) is 49.7 Å². The lowest BCUT2D eigenvalue weighted by molar-refractivity contribution is -0.137. The predicted molar refractivity (Wildman–Crippen MR) is 101 cm³/mol. The maximum atomic E-state index is 10.5. The number of rotatable bonds is 11. The Morgan fingerprint density at radius 3 is 2.19 bits per heavy atom. The summed E-state index contributed by atoms with van der Waals surface area (Å²) in [6.07, 6.45) is 4.54. The Bertz CT molecular complexity index is 696. The Hall–Kier alpha value is -2.82. The van der Waals surface area contributed by atoms with Gasteiger partial charge < -0.3 is 15.1 Å². The Morgan fingerprint density at radius 1 is 0.885 bits per heavy atom. The van der Waals surface area contributed by atoms with Crippen LogP contribution in [0.15, 0.2) is 59.8 Å². The third-order valence-corrected chi connectivity index (χ3v) is 4.00. The van der Waals surface area contributed by atoms with E-state index < -0.39 is 5.97 Å². The zero-order valence-electron chi connectivity index (χ0n) is 14.8. The van der Waals surface area contributed by atoms with Crippen LogP contribution < -0.4 is 0 Å². The number of aromatic hydroxyl groups is 1. The molecule has 0 radical (unpaired) electrons. The minimum absolute atomic E-state index is 0.227. The smallest absolute Gasteiger partial charge is 0.303 e. The van der Waals surface area contributed by atoms with Crippen LogP contribution in [0.3, 0.4) is 0 Å². The maximum Gasteiger partial charge on any atom is 0.303 e. The molecular formula is C21H25NO4. The number of hydrogen-bond acceptors (Lipinski definition) is 4. The molecule has 0 saturated carbocycles. The molecule has 0 aliphatic heterocycles. The van der Waals surface area contributed by atoms with Crippen molar-refractivity contribution in [1.82, 2.24) is 0 Å². The number of carboxylic acids is 1. The summed E-state index contributed by atoms with van der Waals surface area (Å²) in [7, 11) is 0. The first-order valence-electron chi connectivity index (χ1n) is 8.89. The summed E-state index contributed by atoms with van der Waals surface area (Å²) in [5.74, 6) is -0.510. The summed E-state index contributed by atoms with van der Waals surface area (Å²) in [5.41, 5.74) is 2.86. The number of nitrogens with zero attached hydrogens (tertiary/aromatic N) is 1. The molecule has 0 saturated heterocycles. The van der Waals surface area contributed by atoms with Gasteiger partial charge in [-0.1, -0.05) is 60.5 Å². The summed E-state index contributed by atoms with van der Waals surface area (Å²) in [6.45, 7) is 0.342. The number of oxime groups is 1. The van der Waals surface area contributed by atoms with Crippen molar-refractivity contribution in [3.63, 3.8) is 0 Å². The van der Waals surface area contributed by atoms with E-state index in [4.69, 9.17) is 9.94 Å². The van der Waals surface area contributed by atoms with Crippen LogP contribution in [0.2, 0.25) is 0 Å². The fourth-order valence-corrected chi connectivity index (χ4v) is 2.57. The van der Waals surface area contributed by atoms with Gasteiger partial charge in [0.1, 0.15) is 12.4 Å². The molecule has 0 aliphatic rings. The minimum Gasteiger partial charge on any atom is -0.508 e. The summed E-state index contributed by atoms with van der Waals surface area (Å²) >= 11 is 0. The highest BCUT2D eigenvalue weighted by molar-refractivity contribution is 6.00. The number of phenolic OH excluding ortho intramolecular Hbond substituents is 1. The third-order valence-electron chi connectivity index (χ3n) is 4.00. The van der Waals surface area contributed by atoms with Crippen LogP contribution in [0.5, 0.6) is 5.75 Å². The molecular weight excluding hydrogens is 330 g/mol. The first-order chi connectivity index (χ1) is 12.6. The number of aliphatic carboxylic acids is 1. The van der Waals surface area contributed by atoms with E-state index in [1.807, 2.05) is 30.3 Å². The van der Waals surface area contributed by atoms with Gasteiger partial charge in [-0.3, -0.25) is 4.79 Å². The fourth-order valence-electron chi connectivity index (χ4n) is 2.57. The molecule has 2 aromatic rings. The number of carboxylic acid groups (broad SMARTS) is 1. The van der Waals surface area contributed by atoms with Crippen molar-refractivity contribution in [2.45, 2.75) is 45.1 Å². The Morgan fingerprint density at radius 2 is 1.54 bits per heavy atom. The molecule has 2 rings (SSSR count). The monoisotopic (exact) mass is 355 g/mol. The zero-order valence-corrected chi connectivity index (χ0v) is 14.8. The zero-order chi connectivity index (χ0) is 18.6. The van der Waals surface area contributed by atoms with E-state index >= 15 is 0 Å². The average molecular weight is 355 g/mol. The normalized spacial score (nSPS) is 11.3. The average Bonchev–Trinajstić information content (AvgIpc) is 2.65. The van der Waals surface area contributed by atoms with Crippen molar-refractivity contribution in [3.8, 4) is 5.75 Å². The van der Waals surface area contributed by atoms with E-state index in [0.717, 1.165) is 42.5 Å². The SMILES string of the molecule is O=C(O)CCCCCCC(=NOCc1ccc(O)cc1)c1ccccc1. The molecule has 5 heteroatoms. The van der Waals surface area contributed by atoms with Crippen molar-refractivity contribution in [2.24, 2.45) is 5.16 Å². The second kappa shape index (κ2) is 10.9. The van der Waals surface area contributed by atoms with Crippen LogP contribution in [-0.2, 0) is 16.2 Å². The first-order valence-corrected chi connectivity index (χ1v) is 8.89. The third kappa shape index (κ3) is 7.38. The van der Waals surface area contributed by atoms with E-state index in [0.29, 0.717) is 13.0 Å². The molecule has 0 aliphatic carbocycles. The quantitative estimate of drug-likeness (QED) is 0.347. The molecule has 0 spiro atoms. The van der Waals surface area contributed by atoms with Crippen LogP contribution in [0.4, 0.5) is 0 Å². The van der Waals surface area contributed by atoms with Gasteiger partial charge in [-0.05, 0) is 42.5 Å². The van der Waals surface area contributed by atoms with Crippen LogP contribution >= 0.6 is 0 Å². The Kier molecular flexibility index (Phi) is 8.19. The number of phenols is 1. The highest BCUT2D eigenvalue weighted by Crippen LogP contribution is 2.13. The standard InChI is InChI=1S/C21H25NO4/c23-19-14-12-17(13-15-19)16-26-22-20(18-8-4-3-5-9-18)10-6-1-2-7-11-21(24)25/h3-5,8-9,12-15,23H,1-2,6-7,10-11,16H2,(H,24,25). The molecule has 0 heterocycles. The van der Waals surface area contributed by atoms with E-state index in [2.05, 4.69) is 5.16 Å². The van der Waals surface area contributed by atoms with Crippen molar-refractivity contribution in [2.75, 3.05) is 0 Å². The van der Waals surface area contributed by atoms with Crippen LogP contribution in [0, 0.1) is 0 Å². The largest absolute Gasteiger partial charge is 0.508 e. The summed E-state index contributed by atoms with van der Waals surface area (Å²) in [4.78, 5) is 16.0. The molecule has 2 aromatic carbocycles. The molecule has 0 bridgehead atoms. The van der Waals surface area contributed by atoms with Gasteiger partial charge in [0.05, 0.1) is 5.71 Å². The van der Waals surface area contributed by atoms with E-state index in [1.165, 1.54) is 0 Å². The topological polar surface area (TPSA) is 79.1 Å². The number of benzene rings is 2. The predicted octanol–water partition coefficient (Wildman–Crippen LogP) is 4.74. The fraction of sp³-hybridized carbons (Fsp3) is 0.333. The van der Waals surface area contributed by atoms with Crippen molar-refractivity contribution < 1.29 is 19.8 Å². The molecule has 138 valence electrons. The molecule has 0 fully saturated rings. The van der Waals surface area contributed by atoms with Gasteiger partial charge in [0.2, 0.25) is 0 Å². The van der Waals surface area contributed by atoms with Crippen LogP contribution in [-0.4, -0.2) is 21.9 Å². The molecule has 5 nitrogen and oxygen atoms in total. The molecule has 2 N–H and O–H groups in total. The molecule has 0 aromatic heterocycles. The molecule has 26 heavy (non-hydrogen) atoms. The number of unbranched alkanes of at least 4 members (excludes halogenated alkanes) is 3. The number of hydrogen-bond donors (Lipinski definition) is 2. The highest BCUT2D eigenvalue weighted by atomic mass is 16.6. The molecule has 0 unspecified atom stereocenters. The molecule has 0 atom stereocenters. The number of carbonyl (C=O) groups is 1. The van der Waals surface area contributed by atoms with Crippen molar-refractivity contribution in [1.29, 1.82) is 0 Å². The van der Waals surface area contributed by atoms with Gasteiger partial charge in [-0.25, -0.2) is 0 Å². The lowest BCUT2D eigenvalue weighted by atomic mass is 10.0. The van der Waals surface area contributed by atoms with Crippen LogP contribution in [0.25, 0.3) is 0 Å². The van der Waals surface area contributed by atoms with E-state index in [1.54, 1.807) is 24.3 Å². The Balaban J connectivity index is 1.87. The second-order valence-corrected chi connectivity index (χ2v) is 6.15. The van der Waals surface area contributed by atoms with Gasteiger partial charge in [0, 0.05) is 6.42 Å². The maximum absolute atomic E-state index is 10.5. The Labute approximate surface area is 153 Å². The first kappa shape index (κ1) is 19.5.